The van der Waals surface area contributed by atoms with E-state index in [2.05, 4.69) is 0 Å². The molecular formula is C19H20ClN3O5. The van der Waals surface area contributed by atoms with E-state index in [1.54, 1.807) is 48.5 Å². The van der Waals surface area contributed by atoms with Crippen molar-refractivity contribution in [3.8, 4) is 5.75 Å². The molecule has 1 aliphatic rings. The number of hydrogen-bond acceptors (Lipinski definition) is 5. The van der Waals surface area contributed by atoms with Gasteiger partial charge in [0, 0.05) is 11.3 Å². The van der Waals surface area contributed by atoms with Crippen LogP contribution in [0.25, 0.3) is 0 Å². The van der Waals surface area contributed by atoms with Crippen molar-refractivity contribution in [3.05, 3.63) is 59.7 Å². The minimum absolute atomic E-state index is 0. The maximum atomic E-state index is 12.1. The van der Waals surface area contributed by atoms with Crippen LogP contribution in [-0.2, 0) is 16.0 Å². The van der Waals surface area contributed by atoms with E-state index in [9.17, 15) is 9.59 Å². The van der Waals surface area contributed by atoms with Crippen LogP contribution in [0.15, 0.2) is 48.5 Å². The summed E-state index contributed by atoms with van der Waals surface area (Å²) < 4.78 is 11.0. The molecule has 3 rings (SSSR count). The Balaban J connectivity index is 0.00000280. The first-order chi connectivity index (χ1) is 12.9. The molecule has 1 atom stereocenters. The number of amides is 1. The average Bonchev–Trinajstić information content (AvgIpc) is 3.00. The number of nitrogen functional groups attached to an aromatic ring is 1. The fraction of sp³-hybridized carbons (Fsp3) is 0.211. The van der Waals surface area contributed by atoms with Crippen LogP contribution in [0.2, 0.25) is 0 Å². The Morgan fingerprint density at radius 1 is 1.29 bits per heavy atom. The van der Waals surface area contributed by atoms with Crippen molar-refractivity contribution in [2.24, 2.45) is 5.73 Å². The Labute approximate surface area is 167 Å². The smallest absolute Gasteiger partial charge is 0.414 e. The topological polar surface area (TPSA) is 126 Å². The number of nitrogens with zero attached hydrogens (tertiary/aromatic N) is 1. The summed E-state index contributed by atoms with van der Waals surface area (Å²) in [5.41, 5.74) is 7.29. The highest BCUT2D eigenvalue weighted by atomic mass is 35.5. The zero-order chi connectivity index (χ0) is 19.4. The van der Waals surface area contributed by atoms with Gasteiger partial charge in [0.15, 0.2) is 6.10 Å². The van der Waals surface area contributed by atoms with Crippen molar-refractivity contribution >= 4 is 36.0 Å². The first-order valence-electron chi connectivity index (χ1n) is 8.28. The molecule has 0 bridgehead atoms. The number of nitrogens with two attached hydrogens (primary N) is 1. The Kier molecular flexibility index (Phi) is 6.84. The van der Waals surface area contributed by atoms with Gasteiger partial charge in [-0.3, -0.25) is 15.1 Å². The number of anilines is 1. The normalized spacial score (nSPS) is 15.5. The molecule has 4 N–H and O–H groups in total. The molecule has 0 spiro atoms. The zero-order valence-electron chi connectivity index (χ0n) is 14.8. The molecule has 8 nitrogen and oxygen atoms in total. The summed E-state index contributed by atoms with van der Waals surface area (Å²) >= 11 is 0. The predicted molar refractivity (Wildman–Crippen MR) is 106 cm³/mol. The lowest BCUT2D eigenvalue weighted by Gasteiger charge is -2.14. The third-order valence-electron chi connectivity index (χ3n) is 4.05. The Hall–Kier alpha value is -3.26. The molecule has 0 saturated carbocycles. The first-order valence-corrected chi connectivity index (χ1v) is 8.28. The maximum absolute atomic E-state index is 12.1. The summed E-state index contributed by atoms with van der Waals surface area (Å²) in [7, 11) is 0. The fourth-order valence-electron chi connectivity index (χ4n) is 2.75. The van der Waals surface area contributed by atoms with E-state index in [4.69, 9.17) is 25.7 Å². The number of benzene rings is 2. The first kappa shape index (κ1) is 21.0. The van der Waals surface area contributed by atoms with Gasteiger partial charge >= 0.3 is 12.1 Å². The second-order valence-electron chi connectivity index (χ2n) is 6.11. The molecule has 1 amide bonds. The van der Waals surface area contributed by atoms with Crippen LogP contribution in [0.1, 0.15) is 11.1 Å². The van der Waals surface area contributed by atoms with E-state index in [1.165, 1.54) is 4.90 Å². The van der Waals surface area contributed by atoms with E-state index in [0.29, 0.717) is 29.1 Å². The van der Waals surface area contributed by atoms with Crippen molar-refractivity contribution in [2.75, 3.05) is 18.1 Å². The molecular weight excluding hydrogens is 386 g/mol. The van der Waals surface area contributed by atoms with Crippen LogP contribution in [0, 0.1) is 5.41 Å². The SMILES string of the molecule is Cl.N=C(N)c1ccc(N2CC(COc3cccc(CC(=O)O)c3)OC2=O)cc1. The van der Waals surface area contributed by atoms with Gasteiger partial charge in [0.05, 0.1) is 13.0 Å². The van der Waals surface area contributed by atoms with Crippen molar-refractivity contribution in [1.29, 1.82) is 5.41 Å². The number of rotatable bonds is 7. The highest BCUT2D eigenvalue weighted by Crippen LogP contribution is 2.23. The van der Waals surface area contributed by atoms with Crippen molar-refractivity contribution in [2.45, 2.75) is 12.5 Å². The van der Waals surface area contributed by atoms with Crippen LogP contribution in [0.4, 0.5) is 10.5 Å². The number of carbonyl (C=O) groups is 2. The largest absolute Gasteiger partial charge is 0.490 e. The Bertz CT molecular complexity index is 872. The van der Waals surface area contributed by atoms with Crippen molar-refractivity contribution < 1.29 is 24.2 Å². The van der Waals surface area contributed by atoms with Crippen LogP contribution < -0.4 is 15.4 Å². The van der Waals surface area contributed by atoms with Crippen LogP contribution in [-0.4, -0.2) is 42.3 Å². The molecule has 2 aromatic carbocycles. The van der Waals surface area contributed by atoms with Gasteiger partial charge in [0.1, 0.15) is 18.2 Å². The number of nitrogens with one attached hydrogen (secondary N) is 1. The molecule has 0 aliphatic carbocycles. The lowest BCUT2D eigenvalue weighted by atomic mass is 10.1. The molecule has 0 aromatic heterocycles. The third-order valence-corrected chi connectivity index (χ3v) is 4.05. The Morgan fingerprint density at radius 2 is 2.00 bits per heavy atom. The summed E-state index contributed by atoms with van der Waals surface area (Å²) in [6, 6.07) is 13.6. The predicted octanol–water partition coefficient (Wildman–Crippen LogP) is 2.42. The molecule has 1 fully saturated rings. The molecule has 1 heterocycles. The van der Waals surface area contributed by atoms with Gasteiger partial charge in [-0.05, 0) is 42.0 Å². The minimum atomic E-state index is -0.914. The Morgan fingerprint density at radius 3 is 2.64 bits per heavy atom. The number of carboxylic acids is 1. The van der Waals surface area contributed by atoms with E-state index < -0.39 is 18.2 Å². The molecule has 2 aromatic rings. The summed E-state index contributed by atoms with van der Waals surface area (Å²) in [6.45, 7) is 0.483. The molecule has 1 saturated heterocycles. The molecule has 28 heavy (non-hydrogen) atoms. The highest BCUT2D eigenvalue weighted by Gasteiger charge is 2.32. The summed E-state index contributed by atoms with van der Waals surface area (Å²) in [5, 5.41) is 16.3. The molecule has 0 radical (unpaired) electrons. The number of aliphatic carboxylic acids is 1. The van der Waals surface area contributed by atoms with Crippen LogP contribution >= 0.6 is 12.4 Å². The van der Waals surface area contributed by atoms with E-state index in [1.807, 2.05) is 0 Å². The van der Waals surface area contributed by atoms with Crippen LogP contribution in [0.5, 0.6) is 5.75 Å². The van der Waals surface area contributed by atoms with Crippen molar-refractivity contribution in [3.63, 3.8) is 0 Å². The third kappa shape index (κ3) is 5.14. The van der Waals surface area contributed by atoms with Gasteiger partial charge in [-0.15, -0.1) is 12.4 Å². The number of carbonyl (C=O) groups excluding carboxylic acids is 1. The molecule has 9 heteroatoms. The number of amidine groups is 1. The highest BCUT2D eigenvalue weighted by molar-refractivity contribution is 5.96. The van der Waals surface area contributed by atoms with Crippen molar-refractivity contribution in [1.82, 2.24) is 0 Å². The van der Waals surface area contributed by atoms with Crippen LogP contribution in [0.3, 0.4) is 0 Å². The van der Waals surface area contributed by atoms with E-state index >= 15 is 0 Å². The number of cyclic esters (lactones) is 1. The van der Waals surface area contributed by atoms with Gasteiger partial charge in [0.25, 0.3) is 0 Å². The zero-order valence-corrected chi connectivity index (χ0v) is 15.6. The second-order valence-corrected chi connectivity index (χ2v) is 6.11. The fourth-order valence-corrected chi connectivity index (χ4v) is 2.75. The minimum Gasteiger partial charge on any atom is -0.490 e. The maximum Gasteiger partial charge on any atom is 0.414 e. The van der Waals surface area contributed by atoms with Gasteiger partial charge in [0.2, 0.25) is 0 Å². The summed E-state index contributed by atoms with van der Waals surface area (Å²) in [6.07, 6.45) is -1.01. The number of carboxylic acid groups (broad SMARTS) is 1. The lowest BCUT2D eigenvalue weighted by Crippen LogP contribution is -2.26. The molecule has 1 aliphatic heterocycles. The number of halogens is 1. The number of ether oxygens (including phenoxy) is 2. The summed E-state index contributed by atoms with van der Waals surface area (Å²) in [5.74, 6) is -0.431. The monoisotopic (exact) mass is 405 g/mol. The standard InChI is InChI=1S/C19H19N3O5.ClH/c20-18(21)13-4-6-14(7-5-13)22-10-16(27-19(22)25)11-26-15-3-1-2-12(8-15)9-17(23)24;/h1-8,16H,9-11H2,(H3,20,21)(H,23,24);1H. The van der Waals surface area contributed by atoms with Gasteiger partial charge in [-0.1, -0.05) is 12.1 Å². The van der Waals surface area contributed by atoms with E-state index in [0.717, 1.165) is 0 Å². The lowest BCUT2D eigenvalue weighted by molar-refractivity contribution is -0.136. The van der Waals surface area contributed by atoms with Gasteiger partial charge < -0.3 is 20.3 Å². The molecule has 148 valence electrons. The quantitative estimate of drug-likeness (QED) is 0.479. The van der Waals surface area contributed by atoms with E-state index in [-0.39, 0.29) is 31.3 Å². The number of hydrogen-bond donors (Lipinski definition) is 3. The van der Waals surface area contributed by atoms with Gasteiger partial charge in [-0.2, -0.15) is 0 Å². The average molecular weight is 406 g/mol. The summed E-state index contributed by atoms with van der Waals surface area (Å²) in [4.78, 5) is 24.4. The molecule has 1 unspecified atom stereocenters. The van der Waals surface area contributed by atoms with Gasteiger partial charge in [-0.25, -0.2) is 4.79 Å². The second kappa shape index (κ2) is 9.09.